The average Bonchev–Trinajstić information content (AvgIpc) is 3.02. The molecule has 0 bridgehead atoms. The minimum absolute atomic E-state index is 0.0289. The topological polar surface area (TPSA) is 129 Å². The number of carbonyl (C=O) groups excluding carboxylic acids is 2. The summed E-state index contributed by atoms with van der Waals surface area (Å²) >= 11 is 0. The third-order valence-corrected chi connectivity index (χ3v) is 7.55. The lowest BCUT2D eigenvalue weighted by molar-refractivity contribution is -0.125. The molecule has 0 unspecified atom stereocenters. The molecule has 2 aliphatic heterocycles. The Kier molecular flexibility index (Phi) is 6.20. The van der Waals surface area contributed by atoms with E-state index >= 15 is 0 Å². The summed E-state index contributed by atoms with van der Waals surface area (Å²) in [6.45, 7) is 0.131. The van der Waals surface area contributed by atoms with E-state index in [0.29, 0.717) is 37.3 Å². The van der Waals surface area contributed by atoms with E-state index in [1.807, 2.05) is 4.90 Å². The number of amidine groups is 1. The van der Waals surface area contributed by atoms with E-state index < -0.39 is 34.0 Å². The van der Waals surface area contributed by atoms with Crippen LogP contribution in [0.3, 0.4) is 0 Å². The number of benzene rings is 1. The number of nitriles is 1. The number of amides is 1. The molecule has 0 aromatic heterocycles. The van der Waals surface area contributed by atoms with E-state index in [2.05, 4.69) is 15.8 Å². The zero-order chi connectivity index (χ0) is 22.8. The number of nitrogens with zero attached hydrogens (tertiary/aromatic N) is 3. The summed E-state index contributed by atoms with van der Waals surface area (Å²) in [4.78, 5) is 26.7. The lowest BCUT2D eigenvalue weighted by atomic mass is 9.83. The zero-order valence-corrected chi connectivity index (χ0v) is 18.6. The van der Waals surface area contributed by atoms with Crippen molar-refractivity contribution in [1.82, 2.24) is 5.32 Å². The summed E-state index contributed by atoms with van der Waals surface area (Å²) in [5.41, 5.74) is -0.370. The van der Waals surface area contributed by atoms with Gasteiger partial charge in [-0.2, -0.15) is 13.7 Å². The van der Waals surface area contributed by atoms with Gasteiger partial charge < -0.3 is 15.0 Å². The first-order valence-corrected chi connectivity index (χ1v) is 12.4. The van der Waals surface area contributed by atoms with E-state index in [4.69, 9.17) is 4.74 Å². The lowest BCUT2D eigenvalue weighted by Gasteiger charge is -2.31. The largest absolute Gasteiger partial charge is 0.452 e. The van der Waals surface area contributed by atoms with Gasteiger partial charge in [-0.25, -0.2) is 4.79 Å². The molecule has 1 aliphatic carbocycles. The van der Waals surface area contributed by atoms with Crippen LogP contribution in [0.1, 0.15) is 68.1 Å². The Balaban J connectivity index is 1.46. The zero-order valence-electron chi connectivity index (χ0n) is 17.8. The molecule has 9 nitrogen and oxygen atoms in total. The minimum Gasteiger partial charge on any atom is -0.452 e. The van der Waals surface area contributed by atoms with Gasteiger partial charge in [0, 0.05) is 13.0 Å². The number of anilines is 1. The lowest BCUT2D eigenvalue weighted by Crippen LogP contribution is -2.50. The van der Waals surface area contributed by atoms with E-state index in [1.165, 1.54) is 12.1 Å². The van der Waals surface area contributed by atoms with Gasteiger partial charge in [-0.1, -0.05) is 25.7 Å². The number of esters is 1. The van der Waals surface area contributed by atoms with E-state index in [-0.39, 0.29) is 10.5 Å². The Morgan fingerprint density at radius 2 is 1.91 bits per heavy atom. The number of carbonyl (C=O) groups is 2. The highest BCUT2D eigenvalue weighted by atomic mass is 32.2. The SMILES string of the molecule is N#CC1(NC(=O)COC(=O)c2ccc3c(c2)S(=O)(=O)N=C2CCCCCN23)CCCCC1. The fourth-order valence-corrected chi connectivity index (χ4v) is 5.83. The van der Waals surface area contributed by atoms with Crippen molar-refractivity contribution in [2.45, 2.75) is 68.2 Å². The van der Waals surface area contributed by atoms with Gasteiger partial charge in [-0.3, -0.25) is 4.79 Å². The predicted octanol–water partition coefficient (Wildman–Crippen LogP) is 2.67. The fourth-order valence-electron chi connectivity index (χ4n) is 4.54. The number of rotatable bonds is 4. The van der Waals surface area contributed by atoms with Crippen LogP contribution in [0.5, 0.6) is 0 Å². The maximum atomic E-state index is 12.7. The summed E-state index contributed by atoms with van der Waals surface area (Å²) in [5, 5.41) is 12.2. The average molecular weight is 459 g/mol. The van der Waals surface area contributed by atoms with Crippen LogP contribution in [-0.4, -0.2) is 44.8 Å². The third-order valence-electron chi connectivity index (χ3n) is 6.22. The highest BCUT2D eigenvalue weighted by molar-refractivity contribution is 7.90. The minimum atomic E-state index is -3.92. The molecule has 0 spiro atoms. The molecule has 10 heteroatoms. The van der Waals surface area contributed by atoms with Crippen LogP contribution in [-0.2, 0) is 19.6 Å². The monoisotopic (exact) mass is 458 g/mol. The Morgan fingerprint density at radius 3 is 2.66 bits per heavy atom. The van der Waals surface area contributed by atoms with Crippen LogP contribution in [0.2, 0.25) is 0 Å². The fraction of sp³-hybridized carbons (Fsp3) is 0.545. The number of nitrogens with one attached hydrogen (secondary N) is 1. The first kappa shape index (κ1) is 22.3. The molecular formula is C22H26N4O5S. The summed E-state index contributed by atoms with van der Waals surface area (Å²) in [7, 11) is -3.92. The van der Waals surface area contributed by atoms with Crippen molar-refractivity contribution in [3.8, 4) is 6.07 Å². The van der Waals surface area contributed by atoms with E-state index in [0.717, 1.165) is 38.5 Å². The number of ether oxygens (including phenoxy) is 1. The second kappa shape index (κ2) is 8.90. The van der Waals surface area contributed by atoms with Crippen LogP contribution in [0.4, 0.5) is 5.69 Å². The molecule has 0 atom stereocenters. The second-order valence-electron chi connectivity index (χ2n) is 8.51. The first-order valence-electron chi connectivity index (χ1n) is 11.0. The molecule has 2 fully saturated rings. The summed E-state index contributed by atoms with van der Waals surface area (Å²) < 4.78 is 34.5. The molecule has 1 N–H and O–H groups in total. The van der Waals surface area contributed by atoms with Gasteiger partial charge >= 0.3 is 5.97 Å². The molecule has 1 aromatic rings. The second-order valence-corrected chi connectivity index (χ2v) is 10.1. The van der Waals surface area contributed by atoms with Crippen LogP contribution in [0.25, 0.3) is 0 Å². The van der Waals surface area contributed by atoms with Crippen molar-refractivity contribution in [3.63, 3.8) is 0 Å². The molecule has 1 amide bonds. The maximum absolute atomic E-state index is 12.7. The first-order chi connectivity index (χ1) is 15.3. The van der Waals surface area contributed by atoms with Crippen LogP contribution in [0, 0.1) is 11.3 Å². The predicted molar refractivity (Wildman–Crippen MR) is 117 cm³/mol. The molecule has 32 heavy (non-hydrogen) atoms. The Bertz CT molecular complexity index is 1100. The number of fused-ring (bicyclic) bond motifs is 3. The van der Waals surface area contributed by atoms with Gasteiger partial charge in [0.1, 0.15) is 16.3 Å². The molecule has 3 aliphatic rings. The van der Waals surface area contributed by atoms with Crippen molar-refractivity contribution in [1.29, 1.82) is 5.26 Å². The van der Waals surface area contributed by atoms with Gasteiger partial charge in [0.2, 0.25) is 0 Å². The van der Waals surface area contributed by atoms with Gasteiger partial charge in [0.05, 0.1) is 17.3 Å². The van der Waals surface area contributed by atoms with Crippen molar-refractivity contribution >= 4 is 33.4 Å². The van der Waals surface area contributed by atoms with Crippen molar-refractivity contribution in [3.05, 3.63) is 23.8 Å². The molecule has 1 saturated heterocycles. The van der Waals surface area contributed by atoms with E-state index in [9.17, 15) is 23.3 Å². The molecule has 0 radical (unpaired) electrons. The van der Waals surface area contributed by atoms with Gasteiger partial charge in [-0.05, 0) is 43.9 Å². The van der Waals surface area contributed by atoms with Crippen molar-refractivity contribution in [2.75, 3.05) is 18.1 Å². The van der Waals surface area contributed by atoms with Crippen LogP contribution >= 0.6 is 0 Å². The molecule has 4 rings (SSSR count). The Hall–Kier alpha value is -2.93. The van der Waals surface area contributed by atoms with Crippen LogP contribution in [0.15, 0.2) is 27.5 Å². The summed E-state index contributed by atoms with van der Waals surface area (Å²) in [5.74, 6) is -0.819. The normalized spacial score (nSPS) is 21.1. The third kappa shape index (κ3) is 4.48. The number of hydrogen-bond donors (Lipinski definition) is 1. The molecule has 1 aromatic carbocycles. The van der Waals surface area contributed by atoms with Gasteiger partial charge in [-0.15, -0.1) is 4.40 Å². The highest BCUT2D eigenvalue weighted by Gasteiger charge is 2.34. The highest BCUT2D eigenvalue weighted by Crippen LogP contribution is 2.35. The Labute approximate surface area is 187 Å². The summed E-state index contributed by atoms with van der Waals surface area (Å²) in [6, 6.07) is 6.53. The van der Waals surface area contributed by atoms with Crippen LogP contribution < -0.4 is 10.2 Å². The van der Waals surface area contributed by atoms with Crippen molar-refractivity contribution in [2.24, 2.45) is 4.40 Å². The standard InChI is InChI=1S/C22H26N4O5S/c23-15-22(10-4-2-5-11-22)24-20(27)14-31-21(28)16-8-9-17-18(13-16)32(29,30)25-19-7-3-1-6-12-26(17)19/h8-9,13H,1-7,10-12,14H2,(H,24,27). The van der Waals surface area contributed by atoms with Gasteiger partial charge in [0.25, 0.3) is 15.9 Å². The molecule has 170 valence electrons. The molecule has 2 heterocycles. The maximum Gasteiger partial charge on any atom is 0.338 e. The van der Waals surface area contributed by atoms with Crippen molar-refractivity contribution < 1.29 is 22.7 Å². The quantitative estimate of drug-likeness (QED) is 0.687. The smallest absolute Gasteiger partial charge is 0.338 e. The number of hydrogen-bond acceptors (Lipinski definition) is 7. The molecular weight excluding hydrogens is 432 g/mol. The van der Waals surface area contributed by atoms with E-state index in [1.54, 1.807) is 6.07 Å². The molecule has 1 saturated carbocycles. The number of sulfonamides is 1. The summed E-state index contributed by atoms with van der Waals surface area (Å²) in [6.07, 6.45) is 7.32. The van der Waals surface area contributed by atoms with Gasteiger partial charge in [0.15, 0.2) is 6.61 Å². The Morgan fingerprint density at radius 1 is 1.16 bits per heavy atom.